The molecule has 1 amide bonds. The minimum absolute atomic E-state index is 0.192. The molecule has 2 aromatic rings. The van der Waals surface area contributed by atoms with Crippen LogP contribution in [0.1, 0.15) is 15.9 Å². The van der Waals surface area contributed by atoms with Gasteiger partial charge < -0.3 is 20.9 Å². The Morgan fingerprint density at radius 3 is 2.56 bits per heavy atom. The van der Waals surface area contributed by atoms with Crippen molar-refractivity contribution in [2.75, 3.05) is 38.1 Å². The maximum Gasteiger partial charge on any atom is 0.248 e. The zero-order chi connectivity index (χ0) is 19.2. The molecular formula is C20H24FN5O. The zero-order valence-electron chi connectivity index (χ0n) is 15.4. The summed E-state index contributed by atoms with van der Waals surface area (Å²) in [4.78, 5) is 19.9. The third-order valence-electron chi connectivity index (χ3n) is 4.65. The Balaban J connectivity index is 1.57. The van der Waals surface area contributed by atoms with E-state index in [9.17, 15) is 9.18 Å². The number of benzene rings is 2. The quantitative estimate of drug-likeness (QED) is 0.637. The number of rotatable bonds is 4. The predicted molar refractivity (Wildman–Crippen MR) is 105 cm³/mol. The third kappa shape index (κ3) is 4.55. The Morgan fingerprint density at radius 2 is 1.89 bits per heavy atom. The van der Waals surface area contributed by atoms with Crippen LogP contribution in [0.3, 0.4) is 0 Å². The summed E-state index contributed by atoms with van der Waals surface area (Å²) in [6.07, 6.45) is 0. The number of aliphatic imine (C=N–C) groups is 1. The van der Waals surface area contributed by atoms with Gasteiger partial charge in [0.05, 0.1) is 5.69 Å². The number of nitrogens with one attached hydrogen (secondary N) is 1. The molecule has 1 heterocycles. The Kier molecular flexibility index (Phi) is 5.90. The molecule has 0 aromatic heterocycles. The first-order chi connectivity index (χ1) is 13.1. The minimum Gasteiger partial charge on any atom is -0.366 e. The fourth-order valence-electron chi connectivity index (χ4n) is 3.22. The molecule has 1 saturated heterocycles. The Hall–Kier alpha value is -3.09. The number of piperazine rings is 1. The number of hydrogen-bond acceptors (Lipinski definition) is 3. The van der Waals surface area contributed by atoms with Gasteiger partial charge in [-0.15, -0.1) is 0 Å². The standard InChI is InChI=1S/C20H24FN5O/c1-23-20(24-14-15-5-4-6-16(13-15)19(22)27)26-11-9-25(10-12-26)18-8-3-2-7-17(18)21/h2-8,13H,9-12,14H2,1H3,(H2,22,27)(H,23,24). The predicted octanol–water partition coefficient (Wildman–Crippen LogP) is 1.82. The summed E-state index contributed by atoms with van der Waals surface area (Å²) in [7, 11) is 1.74. The number of primary amides is 1. The van der Waals surface area contributed by atoms with Gasteiger partial charge in [-0.3, -0.25) is 9.79 Å². The fraction of sp³-hybridized carbons (Fsp3) is 0.300. The average molecular weight is 369 g/mol. The average Bonchev–Trinajstić information content (AvgIpc) is 2.69. The first-order valence-corrected chi connectivity index (χ1v) is 8.92. The summed E-state index contributed by atoms with van der Waals surface area (Å²) in [6.45, 7) is 3.48. The monoisotopic (exact) mass is 369 g/mol. The first-order valence-electron chi connectivity index (χ1n) is 8.92. The van der Waals surface area contributed by atoms with Crippen molar-refractivity contribution < 1.29 is 9.18 Å². The van der Waals surface area contributed by atoms with Crippen molar-refractivity contribution in [3.8, 4) is 0 Å². The van der Waals surface area contributed by atoms with E-state index in [1.54, 1.807) is 25.2 Å². The lowest BCUT2D eigenvalue weighted by molar-refractivity contribution is 0.1000. The summed E-state index contributed by atoms with van der Waals surface area (Å²) in [6, 6.07) is 14.1. The zero-order valence-corrected chi connectivity index (χ0v) is 15.4. The number of carbonyl (C=O) groups is 1. The molecule has 1 aliphatic rings. The van der Waals surface area contributed by atoms with Crippen molar-refractivity contribution in [1.82, 2.24) is 10.2 Å². The molecule has 0 radical (unpaired) electrons. The van der Waals surface area contributed by atoms with Crippen LogP contribution in [0.2, 0.25) is 0 Å². The minimum atomic E-state index is -0.439. The second-order valence-electron chi connectivity index (χ2n) is 6.39. The van der Waals surface area contributed by atoms with Crippen LogP contribution in [0.4, 0.5) is 10.1 Å². The highest BCUT2D eigenvalue weighted by Crippen LogP contribution is 2.20. The van der Waals surface area contributed by atoms with E-state index in [1.165, 1.54) is 6.07 Å². The number of amides is 1. The van der Waals surface area contributed by atoms with Gasteiger partial charge in [-0.1, -0.05) is 24.3 Å². The number of hydrogen-bond donors (Lipinski definition) is 2. The lowest BCUT2D eigenvalue weighted by Crippen LogP contribution is -2.52. The number of para-hydroxylation sites is 1. The van der Waals surface area contributed by atoms with Gasteiger partial charge in [-0.25, -0.2) is 4.39 Å². The molecule has 1 fully saturated rings. The molecule has 0 aliphatic carbocycles. The van der Waals surface area contributed by atoms with E-state index in [1.807, 2.05) is 24.3 Å². The van der Waals surface area contributed by atoms with E-state index in [0.29, 0.717) is 17.8 Å². The number of guanidine groups is 1. The molecule has 7 heteroatoms. The van der Waals surface area contributed by atoms with Crippen LogP contribution in [0.15, 0.2) is 53.5 Å². The normalized spacial score (nSPS) is 15.0. The van der Waals surface area contributed by atoms with E-state index in [0.717, 1.165) is 37.7 Å². The van der Waals surface area contributed by atoms with Crippen molar-refractivity contribution >= 4 is 17.6 Å². The van der Waals surface area contributed by atoms with Crippen molar-refractivity contribution in [3.63, 3.8) is 0 Å². The van der Waals surface area contributed by atoms with Crippen LogP contribution >= 0.6 is 0 Å². The van der Waals surface area contributed by atoms with Crippen molar-refractivity contribution in [1.29, 1.82) is 0 Å². The first kappa shape index (κ1) is 18.7. The Morgan fingerprint density at radius 1 is 1.15 bits per heavy atom. The van der Waals surface area contributed by atoms with Crippen molar-refractivity contribution in [2.24, 2.45) is 10.7 Å². The van der Waals surface area contributed by atoms with Gasteiger partial charge in [0.25, 0.3) is 0 Å². The van der Waals surface area contributed by atoms with Crippen LogP contribution in [-0.4, -0.2) is 50.0 Å². The van der Waals surface area contributed by atoms with Gasteiger partial charge in [0.15, 0.2) is 5.96 Å². The second-order valence-corrected chi connectivity index (χ2v) is 6.39. The van der Waals surface area contributed by atoms with Gasteiger partial charge in [-0.05, 0) is 29.8 Å². The molecule has 1 aliphatic heterocycles. The van der Waals surface area contributed by atoms with E-state index in [-0.39, 0.29) is 5.82 Å². The van der Waals surface area contributed by atoms with E-state index in [2.05, 4.69) is 20.1 Å². The van der Waals surface area contributed by atoms with Crippen LogP contribution in [0.5, 0.6) is 0 Å². The number of anilines is 1. The molecule has 0 spiro atoms. The SMILES string of the molecule is CN=C(NCc1cccc(C(N)=O)c1)N1CCN(c2ccccc2F)CC1. The molecule has 0 unspecified atom stereocenters. The number of nitrogens with two attached hydrogens (primary N) is 1. The number of halogens is 1. The molecule has 27 heavy (non-hydrogen) atoms. The molecule has 0 bridgehead atoms. The summed E-state index contributed by atoms with van der Waals surface area (Å²) in [5, 5.41) is 3.32. The van der Waals surface area contributed by atoms with E-state index >= 15 is 0 Å². The summed E-state index contributed by atoms with van der Waals surface area (Å²) in [5.41, 5.74) is 7.42. The second kappa shape index (κ2) is 8.53. The van der Waals surface area contributed by atoms with Crippen molar-refractivity contribution in [3.05, 3.63) is 65.5 Å². The molecular weight excluding hydrogens is 345 g/mol. The highest BCUT2D eigenvalue weighted by molar-refractivity contribution is 5.92. The van der Waals surface area contributed by atoms with Crippen LogP contribution in [0, 0.1) is 5.82 Å². The van der Waals surface area contributed by atoms with Gasteiger partial charge >= 0.3 is 0 Å². The topological polar surface area (TPSA) is 74.0 Å². The summed E-state index contributed by atoms with van der Waals surface area (Å²) in [5.74, 6) is 0.154. The van der Waals surface area contributed by atoms with E-state index in [4.69, 9.17) is 5.73 Å². The molecule has 0 saturated carbocycles. The Bertz CT molecular complexity index is 831. The molecule has 6 nitrogen and oxygen atoms in total. The summed E-state index contributed by atoms with van der Waals surface area (Å²) >= 11 is 0. The molecule has 2 aromatic carbocycles. The molecule has 3 N–H and O–H groups in total. The molecule has 142 valence electrons. The van der Waals surface area contributed by atoms with Gasteiger partial charge in [0.2, 0.25) is 5.91 Å². The summed E-state index contributed by atoms with van der Waals surface area (Å²) < 4.78 is 14.0. The highest BCUT2D eigenvalue weighted by atomic mass is 19.1. The number of nitrogens with zero attached hydrogens (tertiary/aromatic N) is 3. The highest BCUT2D eigenvalue weighted by Gasteiger charge is 2.21. The van der Waals surface area contributed by atoms with Gasteiger partial charge in [0, 0.05) is 45.3 Å². The lowest BCUT2D eigenvalue weighted by Gasteiger charge is -2.37. The lowest BCUT2D eigenvalue weighted by atomic mass is 10.1. The number of carbonyl (C=O) groups excluding carboxylic acids is 1. The smallest absolute Gasteiger partial charge is 0.248 e. The largest absolute Gasteiger partial charge is 0.366 e. The van der Waals surface area contributed by atoms with Crippen molar-refractivity contribution in [2.45, 2.75) is 6.54 Å². The third-order valence-corrected chi connectivity index (χ3v) is 4.65. The van der Waals surface area contributed by atoms with Crippen LogP contribution in [-0.2, 0) is 6.54 Å². The van der Waals surface area contributed by atoms with Crippen LogP contribution < -0.4 is 16.0 Å². The molecule has 0 atom stereocenters. The maximum absolute atomic E-state index is 14.0. The molecule has 3 rings (SSSR count). The van der Waals surface area contributed by atoms with Gasteiger partial charge in [-0.2, -0.15) is 0 Å². The van der Waals surface area contributed by atoms with Crippen LogP contribution in [0.25, 0.3) is 0 Å². The maximum atomic E-state index is 14.0. The van der Waals surface area contributed by atoms with Gasteiger partial charge in [0.1, 0.15) is 5.82 Å². The van der Waals surface area contributed by atoms with E-state index < -0.39 is 5.91 Å². The fourth-order valence-corrected chi connectivity index (χ4v) is 3.22. The Labute approximate surface area is 158 Å².